The summed E-state index contributed by atoms with van der Waals surface area (Å²) in [6, 6.07) is 5.07. The molecule has 0 radical (unpaired) electrons. The van der Waals surface area contributed by atoms with E-state index in [2.05, 4.69) is 5.32 Å². The first-order valence-corrected chi connectivity index (χ1v) is 10.0. The number of Topliss-reactive ketones (excluding diaryl/α,β-unsaturated/α-hetero) is 1. The SMILES string of the molecule is CCOC(=O)c1c(NC(=O)COC(=O)c2oc3ccc(OC)cc3c2C)oc(C)c1C(C)=O. The molecular formula is C23H23NO9. The number of ketones is 1. The highest BCUT2D eigenvalue weighted by molar-refractivity contribution is 6.11. The quantitative estimate of drug-likeness (QED) is 0.395. The van der Waals surface area contributed by atoms with Crippen molar-refractivity contribution in [2.45, 2.75) is 27.7 Å². The molecule has 0 fully saturated rings. The number of benzene rings is 1. The number of nitrogens with one attached hydrogen (secondary N) is 1. The molecule has 2 aromatic heterocycles. The van der Waals surface area contributed by atoms with Gasteiger partial charge in [0.05, 0.1) is 19.3 Å². The van der Waals surface area contributed by atoms with E-state index in [9.17, 15) is 19.2 Å². The second-order valence-electron chi connectivity index (χ2n) is 7.06. The van der Waals surface area contributed by atoms with Gasteiger partial charge in [0.15, 0.2) is 12.4 Å². The Morgan fingerprint density at radius 1 is 1.00 bits per heavy atom. The van der Waals surface area contributed by atoms with E-state index < -0.39 is 30.2 Å². The summed E-state index contributed by atoms with van der Waals surface area (Å²) in [4.78, 5) is 49.1. The van der Waals surface area contributed by atoms with E-state index in [-0.39, 0.29) is 35.1 Å². The Labute approximate surface area is 188 Å². The third-order valence-electron chi connectivity index (χ3n) is 4.83. The molecule has 0 aliphatic rings. The van der Waals surface area contributed by atoms with Gasteiger partial charge in [0.2, 0.25) is 11.6 Å². The van der Waals surface area contributed by atoms with Gasteiger partial charge in [-0.15, -0.1) is 0 Å². The molecule has 0 aliphatic heterocycles. The Morgan fingerprint density at radius 2 is 1.73 bits per heavy atom. The largest absolute Gasteiger partial charge is 0.497 e. The number of carbonyl (C=O) groups excluding carboxylic acids is 4. The lowest BCUT2D eigenvalue weighted by molar-refractivity contribution is -0.119. The van der Waals surface area contributed by atoms with Crippen LogP contribution in [0.15, 0.2) is 27.0 Å². The molecule has 33 heavy (non-hydrogen) atoms. The summed E-state index contributed by atoms with van der Waals surface area (Å²) in [6.07, 6.45) is 0. The van der Waals surface area contributed by atoms with Crippen molar-refractivity contribution in [1.29, 1.82) is 0 Å². The van der Waals surface area contributed by atoms with E-state index in [1.807, 2.05) is 0 Å². The van der Waals surface area contributed by atoms with E-state index in [1.54, 1.807) is 32.0 Å². The van der Waals surface area contributed by atoms with Crippen LogP contribution in [0.25, 0.3) is 11.0 Å². The van der Waals surface area contributed by atoms with Gasteiger partial charge < -0.3 is 23.0 Å². The minimum absolute atomic E-state index is 0.00840. The van der Waals surface area contributed by atoms with E-state index in [4.69, 9.17) is 23.0 Å². The van der Waals surface area contributed by atoms with Gasteiger partial charge in [-0.25, -0.2) is 9.59 Å². The zero-order valence-corrected chi connectivity index (χ0v) is 18.8. The van der Waals surface area contributed by atoms with Gasteiger partial charge in [0, 0.05) is 10.9 Å². The minimum atomic E-state index is -0.844. The summed E-state index contributed by atoms with van der Waals surface area (Å²) in [6.45, 7) is 5.41. The maximum Gasteiger partial charge on any atom is 0.375 e. The van der Waals surface area contributed by atoms with Crippen molar-refractivity contribution in [3.63, 3.8) is 0 Å². The molecule has 3 aromatic rings. The average Bonchev–Trinajstić information content (AvgIpc) is 3.28. The standard InChI is InChI=1S/C23H23NO9/c1-6-30-22(27)19-18(12(3)25)13(4)32-21(19)24-17(26)10-31-23(28)20-11(2)15-9-14(29-5)7-8-16(15)33-20/h7-9H,6,10H2,1-5H3,(H,24,26). The summed E-state index contributed by atoms with van der Waals surface area (Å²) < 4.78 is 26.1. The zero-order chi connectivity index (χ0) is 24.3. The van der Waals surface area contributed by atoms with Crippen molar-refractivity contribution in [3.8, 4) is 5.75 Å². The molecule has 1 N–H and O–H groups in total. The molecule has 0 spiro atoms. The number of furan rings is 2. The van der Waals surface area contributed by atoms with Gasteiger partial charge in [-0.2, -0.15) is 0 Å². The van der Waals surface area contributed by atoms with E-state index in [1.165, 1.54) is 21.0 Å². The van der Waals surface area contributed by atoms with Crippen molar-refractivity contribution < 1.29 is 42.2 Å². The Morgan fingerprint density at radius 3 is 2.36 bits per heavy atom. The minimum Gasteiger partial charge on any atom is -0.497 e. The first kappa shape index (κ1) is 23.6. The molecule has 0 saturated heterocycles. The van der Waals surface area contributed by atoms with Crippen LogP contribution >= 0.6 is 0 Å². The Balaban J connectivity index is 1.75. The molecule has 1 aromatic carbocycles. The molecule has 2 heterocycles. The highest BCUT2D eigenvalue weighted by Crippen LogP contribution is 2.30. The topological polar surface area (TPSA) is 134 Å². The van der Waals surface area contributed by atoms with Crippen molar-refractivity contribution >= 4 is 40.5 Å². The average molecular weight is 457 g/mol. The first-order valence-electron chi connectivity index (χ1n) is 10.0. The lowest BCUT2D eigenvalue weighted by atomic mass is 10.1. The molecule has 0 bridgehead atoms. The fraction of sp³-hybridized carbons (Fsp3) is 0.304. The smallest absolute Gasteiger partial charge is 0.375 e. The molecule has 10 nitrogen and oxygen atoms in total. The van der Waals surface area contributed by atoms with Crippen LogP contribution < -0.4 is 10.1 Å². The van der Waals surface area contributed by atoms with Crippen LogP contribution in [0.5, 0.6) is 5.75 Å². The molecule has 0 aliphatic carbocycles. The van der Waals surface area contributed by atoms with Gasteiger partial charge in [-0.05, 0) is 45.9 Å². The number of ether oxygens (including phenoxy) is 3. The molecule has 3 rings (SSSR count). The van der Waals surface area contributed by atoms with Gasteiger partial charge in [-0.1, -0.05) is 0 Å². The number of anilines is 1. The molecule has 174 valence electrons. The highest BCUT2D eigenvalue weighted by atomic mass is 16.5. The molecule has 0 saturated carbocycles. The number of carbonyl (C=O) groups is 4. The van der Waals surface area contributed by atoms with Crippen LogP contribution in [-0.4, -0.2) is 44.0 Å². The molecule has 10 heteroatoms. The van der Waals surface area contributed by atoms with Crippen LogP contribution in [-0.2, 0) is 14.3 Å². The summed E-state index contributed by atoms with van der Waals surface area (Å²) in [5.41, 5.74) is 0.816. The number of hydrogen-bond acceptors (Lipinski definition) is 9. The van der Waals surface area contributed by atoms with Crippen LogP contribution in [0, 0.1) is 13.8 Å². The normalized spacial score (nSPS) is 10.7. The summed E-state index contributed by atoms with van der Waals surface area (Å²) >= 11 is 0. The Hall–Kier alpha value is -4.08. The predicted molar refractivity (Wildman–Crippen MR) is 116 cm³/mol. The van der Waals surface area contributed by atoms with Crippen LogP contribution in [0.1, 0.15) is 56.4 Å². The number of hydrogen-bond donors (Lipinski definition) is 1. The Kier molecular flexibility index (Phi) is 6.86. The molecule has 0 unspecified atom stereocenters. The Bertz CT molecular complexity index is 1250. The summed E-state index contributed by atoms with van der Waals surface area (Å²) in [5.74, 6) is -2.44. The number of rotatable bonds is 8. The maximum atomic E-state index is 12.5. The lowest BCUT2D eigenvalue weighted by Crippen LogP contribution is -2.22. The summed E-state index contributed by atoms with van der Waals surface area (Å²) in [5, 5.41) is 3.02. The van der Waals surface area contributed by atoms with Gasteiger partial charge >= 0.3 is 11.9 Å². The number of methoxy groups -OCH3 is 1. The predicted octanol–water partition coefficient (Wildman–Crippen LogP) is 3.83. The van der Waals surface area contributed by atoms with Crippen LogP contribution in [0.3, 0.4) is 0 Å². The monoisotopic (exact) mass is 457 g/mol. The number of esters is 2. The van der Waals surface area contributed by atoms with E-state index in [0.717, 1.165) is 0 Å². The molecular weight excluding hydrogens is 434 g/mol. The van der Waals surface area contributed by atoms with E-state index in [0.29, 0.717) is 22.3 Å². The fourth-order valence-corrected chi connectivity index (χ4v) is 3.34. The van der Waals surface area contributed by atoms with Crippen molar-refractivity contribution in [2.75, 3.05) is 25.6 Å². The third-order valence-corrected chi connectivity index (χ3v) is 4.83. The van der Waals surface area contributed by atoms with Crippen molar-refractivity contribution in [3.05, 3.63) is 46.4 Å². The van der Waals surface area contributed by atoms with Gasteiger partial charge in [0.25, 0.3) is 5.91 Å². The number of fused-ring (bicyclic) bond motifs is 1. The third kappa shape index (κ3) is 4.74. The zero-order valence-electron chi connectivity index (χ0n) is 18.8. The van der Waals surface area contributed by atoms with Gasteiger partial charge in [-0.3, -0.25) is 14.9 Å². The van der Waals surface area contributed by atoms with Gasteiger partial charge in [0.1, 0.15) is 22.7 Å². The highest BCUT2D eigenvalue weighted by Gasteiger charge is 2.29. The second kappa shape index (κ2) is 9.60. The summed E-state index contributed by atoms with van der Waals surface area (Å²) in [7, 11) is 1.53. The molecule has 0 atom stereocenters. The van der Waals surface area contributed by atoms with Crippen molar-refractivity contribution in [2.24, 2.45) is 0 Å². The van der Waals surface area contributed by atoms with Crippen molar-refractivity contribution in [1.82, 2.24) is 0 Å². The number of amides is 1. The first-order chi connectivity index (χ1) is 15.7. The maximum absolute atomic E-state index is 12.5. The lowest BCUT2D eigenvalue weighted by Gasteiger charge is -2.06. The van der Waals surface area contributed by atoms with Crippen LogP contribution in [0.4, 0.5) is 5.88 Å². The fourth-order valence-electron chi connectivity index (χ4n) is 3.34. The number of aryl methyl sites for hydroxylation is 2. The van der Waals surface area contributed by atoms with Crippen LogP contribution in [0.2, 0.25) is 0 Å². The molecule has 1 amide bonds. The van der Waals surface area contributed by atoms with E-state index >= 15 is 0 Å². The second-order valence-corrected chi connectivity index (χ2v) is 7.06.